The average molecular weight is 316 g/mol. The van der Waals surface area contributed by atoms with Crippen LogP contribution in [-0.2, 0) is 9.59 Å². The maximum atomic E-state index is 12.2. The molecule has 0 heterocycles. The van der Waals surface area contributed by atoms with Gasteiger partial charge >= 0.3 is 0 Å². The van der Waals surface area contributed by atoms with Gasteiger partial charge < -0.3 is 0 Å². The second-order valence-electron chi connectivity index (χ2n) is 9.56. The van der Waals surface area contributed by atoms with Crippen molar-refractivity contribution in [2.24, 2.45) is 46.8 Å². The van der Waals surface area contributed by atoms with Crippen LogP contribution in [0.5, 0.6) is 0 Å². The Morgan fingerprint density at radius 3 is 2.61 bits per heavy atom. The lowest BCUT2D eigenvalue weighted by Gasteiger charge is -2.58. The van der Waals surface area contributed by atoms with Crippen molar-refractivity contribution in [1.29, 1.82) is 0 Å². The van der Waals surface area contributed by atoms with E-state index in [0.717, 1.165) is 55.3 Å². The van der Waals surface area contributed by atoms with Crippen LogP contribution < -0.4 is 0 Å². The highest BCUT2D eigenvalue weighted by atomic mass is 16.1. The van der Waals surface area contributed by atoms with Crippen LogP contribution in [-0.4, -0.2) is 11.6 Å². The van der Waals surface area contributed by atoms with Crippen LogP contribution in [0.2, 0.25) is 0 Å². The highest BCUT2D eigenvalue weighted by Gasteiger charge is 2.59. The van der Waals surface area contributed by atoms with Gasteiger partial charge in [0.25, 0.3) is 0 Å². The van der Waals surface area contributed by atoms with Crippen molar-refractivity contribution in [3.8, 4) is 0 Å². The van der Waals surface area contributed by atoms with Gasteiger partial charge in [0.2, 0.25) is 0 Å². The lowest BCUT2D eigenvalue weighted by Crippen LogP contribution is -2.52. The van der Waals surface area contributed by atoms with Gasteiger partial charge in [-0.25, -0.2) is 0 Å². The molecule has 8 unspecified atom stereocenters. The Bertz CT molecular complexity index is 524. The zero-order valence-electron chi connectivity index (χ0n) is 15.0. The molecule has 0 aromatic rings. The van der Waals surface area contributed by atoms with E-state index in [1.165, 1.54) is 25.7 Å². The number of fused-ring (bicyclic) bond motifs is 5. The molecule has 4 rings (SSSR count). The summed E-state index contributed by atoms with van der Waals surface area (Å²) in [5.41, 5.74) is 0.254. The van der Waals surface area contributed by atoms with Crippen LogP contribution in [0.25, 0.3) is 0 Å². The fraction of sp³-hybridized carbons (Fsp3) is 0.905. The smallest absolute Gasteiger partial charge is 0.133 e. The number of carbonyl (C=O) groups is 2. The zero-order chi connectivity index (χ0) is 16.4. The molecule has 0 amide bonds. The second-order valence-corrected chi connectivity index (χ2v) is 9.56. The molecule has 0 spiro atoms. The number of hydrogen-bond donors (Lipinski definition) is 0. The molecule has 0 N–H and O–H groups in total. The van der Waals surface area contributed by atoms with E-state index in [0.29, 0.717) is 23.4 Å². The van der Waals surface area contributed by atoms with Crippen molar-refractivity contribution >= 4 is 11.6 Å². The highest BCUT2D eigenvalue weighted by Crippen LogP contribution is 2.65. The van der Waals surface area contributed by atoms with Crippen molar-refractivity contribution < 1.29 is 9.59 Å². The highest BCUT2D eigenvalue weighted by molar-refractivity contribution is 5.80. The fourth-order valence-corrected chi connectivity index (χ4v) is 7.92. The number of Topliss-reactive ketones (excluding diaryl/α,β-unsaturated/α-hetero) is 2. The van der Waals surface area contributed by atoms with Crippen LogP contribution in [0.15, 0.2) is 0 Å². The first kappa shape index (κ1) is 15.8. The molecule has 4 aliphatic carbocycles. The van der Waals surface area contributed by atoms with Crippen LogP contribution in [0.4, 0.5) is 0 Å². The lowest BCUT2D eigenvalue weighted by atomic mass is 9.47. The van der Waals surface area contributed by atoms with Gasteiger partial charge in [-0.3, -0.25) is 9.59 Å². The molecule has 2 heteroatoms. The topological polar surface area (TPSA) is 34.1 Å². The van der Waals surface area contributed by atoms with E-state index in [1.54, 1.807) is 0 Å². The van der Waals surface area contributed by atoms with Crippen LogP contribution in [0.3, 0.4) is 0 Å². The summed E-state index contributed by atoms with van der Waals surface area (Å²) in [6.07, 6.45) is 9.04. The van der Waals surface area contributed by atoms with Crippen molar-refractivity contribution in [3.05, 3.63) is 0 Å². The third-order valence-electron chi connectivity index (χ3n) is 8.55. The van der Waals surface area contributed by atoms with Gasteiger partial charge in [-0.05, 0) is 86.4 Å². The molecule has 128 valence electrons. The Labute approximate surface area is 140 Å². The molecular formula is C21H32O2. The fourth-order valence-electron chi connectivity index (χ4n) is 7.92. The van der Waals surface area contributed by atoms with E-state index in [9.17, 15) is 9.59 Å². The summed E-state index contributed by atoms with van der Waals surface area (Å²) in [5, 5.41) is 0. The van der Waals surface area contributed by atoms with Gasteiger partial charge in [0.05, 0.1) is 0 Å². The molecule has 0 radical (unpaired) electrons. The molecule has 0 saturated heterocycles. The number of hydrogen-bond acceptors (Lipinski definition) is 2. The van der Waals surface area contributed by atoms with Crippen molar-refractivity contribution in [1.82, 2.24) is 0 Å². The predicted octanol–water partition coefficient (Wildman–Crippen LogP) is 4.66. The van der Waals surface area contributed by atoms with Crippen LogP contribution in [0, 0.1) is 46.8 Å². The number of rotatable bonds is 1. The molecule has 0 aliphatic heterocycles. The number of carbonyl (C=O) groups excluding carboxylic acids is 2. The summed E-state index contributed by atoms with van der Waals surface area (Å²) < 4.78 is 0. The molecule has 4 fully saturated rings. The Balaban J connectivity index is 1.63. The number of ketones is 2. The van der Waals surface area contributed by atoms with Gasteiger partial charge in [-0.15, -0.1) is 0 Å². The van der Waals surface area contributed by atoms with E-state index in [-0.39, 0.29) is 5.41 Å². The molecular weight excluding hydrogens is 284 g/mol. The second kappa shape index (κ2) is 5.43. The maximum Gasteiger partial charge on any atom is 0.133 e. The summed E-state index contributed by atoms with van der Waals surface area (Å²) in [7, 11) is 0. The van der Waals surface area contributed by atoms with Crippen molar-refractivity contribution in [2.45, 2.75) is 72.1 Å². The van der Waals surface area contributed by atoms with Gasteiger partial charge in [0.1, 0.15) is 11.6 Å². The summed E-state index contributed by atoms with van der Waals surface area (Å²) >= 11 is 0. The van der Waals surface area contributed by atoms with Crippen LogP contribution in [0.1, 0.15) is 72.1 Å². The Kier molecular flexibility index (Phi) is 3.74. The summed E-state index contributed by atoms with van der Waals surface area (Å²) in [6.45, 7) is 6.70. The molecule has 0 aromatic heterocycles. The zero-order valence-corrected chi connectivity index (χ0v) is 15.0. The predicted molar refractivity (Wildman–Crippen MR) is 90.8 cm³/mol. The molecule has 0 bridgehead atoms. The normalized spacial score (nSPS) is 52.5. The van der Waals surface area contributed by atoms with Gasteiger partial charge in [0.15, 0.2) is 0 Å². The van der Waals surface area contributed by atoms with Crippen LogP contribution >= 0.6 is 0 Å². The van der Waals surface area contributed by atoms with Gasteiger partial charge in [-0.1, -0.05) is 13.8 Å². The monoisotopic (exact) mass is 316 g/mol. The summed E-state index contributed by atoms with van der Waals surface area (Å²) in [5.74, 6) is 5.85. The first-order valence-electron chi connectivity index (χ1n) is 9.94. The van der Waals surface area contributed by atoms with Gasteiger partial charge in [-0.2, -0.15) is 0 Å². The van der Waals surface area contributed by atoms with E-state index in [2.05, 4.69) is 13.8 Å². The molecule has 0 aromatic carbocycles. The molecule has 2 nitrogen and oxygen atoms in total. The third kappa shape index (κ3) is 2.27. The van der Waals surface area contributed by atoms with E-state index in [1.807, 2.05) is 6.92 Å². The summed E-state index contributed by atoms with van der Waals surface area (Å²) in [6, 6.07) is 0. The van der Waals surface area contributed by atoms with Gasteiger partial charge in [0, 0.05) is 18.8 Å². The Morgan fingerprint density at radius 1 is 1.09 bits per heavy atom. The Morgan fingerprint density at radius 2 is 1.87 bits per heavy atom. The minimum absolute atomic E-state index is 0.254. The molecule has 4 aliphatic rings. The minimum Gasteiger partial charge on any atom is -0.300 e. The standard InChI is InChI=1S/C21H32O2/c1-12-11-21(3)18(13(2)22)8-9-19(21)17-6-4-14-10-15(23)5-7-16(14)20(12)17/h12,14,16-20H,4-11H2,1-3H3. The quantitative estimate of drug-likeness (QED) is 0.705. The minimum atomic E-state index is 0.254. The first-order chi connectivity index (χ1) is 10.9. The van der Waals surface area contributed by atoms with E-state index >= 15 is 0 Å². The maximum absolute atomic E-state index is 12.2. The van der Waals surface area contributed by atoms with Crippen molar-refractivity contribution in [2.75, 3.05) is 0 Å². The molecule has 23 heavy (non-hydrogen) atoms. The molecule has 8 atom stereocenters. The van der Waals surface area contributed by atoms with E-state index < -0.39 is 0 Å². The first-order valence-corrected chi connectivity index (χ1v) is 9.94. The largest absolute Gasteiger partial charge is 0.300 e. The van der Waals surface area contributed by atoms with Crippen molar-refractivity contribution in [3.63, 3.8) is 0 Å². The average Bonchev–Trinajstić information content (AvgIpc) is 2.83. The lowest BCUT2D eigenvalue weighted by molar-refractivity contribution is -0.137. The summed E-state index contributed by atoms with van der Waals surface area (Å²) in [4.78, 5) is 24.1. The molecule has 4 saturated carbocycles. The third-order valence-corrected chi connectivity index (χ3v) is 8.55. The van der Waals surface area contributed by atoms with E-state index in [4.69, 9.17) is 0 Å². The SMILES string of the molecule is CC(=O)C1CCC2C3CCC4CC(=O)CCC4C3C(C)CC12C. The Hall–Kier alpha value is -0.660.